The summed E-state index contributed by atoms with van der Waals surface area (Å²) in [6.07, 6.45) is 1.57. The first-order chi connectivity index (χ1) is 10.1. The molecule has 0 aromatic heterocycles. The van der Waals surface area contributed by atoms with E-state index in [-0.39, 0.29) is 6.61 Å². The van der Waals surface area contributed by atoms with Crippen LogP contribution in [0.1, 0.15) is 32.3 Å². The molecule has 0 spiro atoms. The SMILES string of the molecule is COc1cc(CNCC(C)C)cc(Br)c1OCCCCO. The summed E-state index contributed by atoms with van der Waals surface area (Å²) in [5.74, 6) is 2.09. The lowest BCUT2D eigenvalue weighted by Gasteiger charge is -2.15. The van der Waals surface area contributed by atoms with Gasteiger partial charge in [-0.05, 0) is 58.9 Å². The largest absolute Gasteiger partial charge is 0.493 e. The van der Waals surface area contributed by atoms with Crippen LogP contribution in [0.15, 0.2) is 16.6 Å². The fourth-order valence-corrected chi connectivity index (χ4v) is 2.51. The number of rotatable bonds is 10. The minimum absolute atomic E-state index is 0.197. The van der Waals surface area contributed by atoms with Crippen LogP contribution in [0, 0.1) is 5.92 Å². The number of benzene rings is 1. The second kappa shape index (κ2) is 10.0. The third kappa shape index (κ3) is 6.68. The third-order valence-corrected chi connectivity index (χ3v) is 3.56. The van der Waals surface area contributed by atoms with Gasteiger partial charge in [0, 0.05) is 13.2 Å². The lowest BCUT2D eigenvalue weighted by molar-refractivity contribution is 0.246. The highest BCUT2D eigenvalue weighted by atomic mass is 79.9. The maximum Gasteiger partial charge on any atom is 0.175 e. The fraction of sp³-hybridized carbons (Fsp3) is 0.625. The van der Waals surface area contributed by atoms with Crippen LogP contribution in [0.3, 0.4) is 0 Å². The fourth-order valence-electron chi connectivity index (χ4n) is 1.91. The number of unbranched alkanes of at least 4 members (excludes halogenated alkanes) is 1. The van der Waals surface area contributed by atoms with Gasteiger partial charge in [-0.2, -0.15) is 0 Å². The van der Waals surface area contributed by atoms with E-state index in [1.165, 1.54) is 0 Å². The van der Waals surface area contributed by atoms with Crippen molar-refractivity contribution in [2.45, 2.75) is 33.2 Å². The summed E-state index contributed by atoms with van der Waals surface area (Å²) >= 11 is 3.55. The molecule has 0 aliphatic carbocycles. The van der Waals surface area contributed by atoms with Crippen molar-refractivity contribution in [3.05, 3.63) is 22.2 Å². The van der Waals surface area contributed by atoms with Crippen LogP contribution in [-0.2, 0) is 6.54 Å². The summed E-state index contributed by atoms with van der Waals surface area (Å²) in [6, 6.07) is 4.05. The number of halogens is 1. The molecule has 0 fully saturated rings. The number of nitrogens with one attached hydrogen (secondary N) is 1. The Morgan fingerprint density at radius 2 is 2.05 bits per heavy atom. The highest BCUT2D eigenvalue weighted by Crippen LogP contribution is 2.36. The van der Waals surface area contributed by atoms with Gasteiger partial charge in [0.1, 0.15) is 0 Å². The summed E-state index contributed by atoms with van der Waals surface area (Å²) in [5.41, 5.74) is 1.15. The van der Waals surface area contributed by atoms with Gasteiger partial charge in [-0.1, -0.05) is 13.8 Å². The third-order valence-electron chi connectivity index (χ3n) is 2.97. The van der Waals surface area contributed by atoms with Gasteiger partial charge in [0.2, 0.25) is 0 Å². The van der Waals surface area contributed by atoms with Crippen LogP contribution < -0.4 is 14.8 Å². The van der Waals surface area contributed by atoms with E-state index in [1.807, 2.05) is 6.07 Å². The smallest absolute Gasteiger partial charge is 0.175 e. The van der Waals surface area contributed by atoms with E-state index in [9.17, 15) is 0 Å². The molecule has 0 aliphatic heterocycles. The van der Waals surface area contributed by atoms with Crippen LogP contribution in [-0.4, -0.2) is 32.0 Å². The Labute approximate surface area is 136 Å². The maximum absolute atomic E-state index is 8.78. The molecule has 0 amide bonds. The van der Waals surface area contributed by atoms with Crippen molar-refractivity contribution < 1.29 is 14.6 Å². The van der Waals surface area contributed by atoms with Gasteiger partial charge in [-0.25, -0.2) is 0 Å². The lowest BCUT2D eigenvalue weighted by atomic mass is 10.1. The van der Waals surface area contributed by atoms with Crippen molar-refractivity contribution in [2.75, 3.05) is 26.9 Å². The Kier molecular flexibility index (Phi) is 8.73. The summed E-state index contributed by atoms with van der Waals surface area (Å²) < 4.78 is 12.1. The lowest BCUT2D eigenvalue weighted by Crippen LogP contribution is -2.19. The van der Waals surface area contributed by atoms with Crippen LogP contribution >= 0.6 is 15.9 Å². The number of hydrogen-bond donors (Lipinski definition) is 2. The summed E-state index contributed by atoms with van der Waals surface area (Å²) in [6.45, 7) is 6.93. The molecule has 1 aromatic carbocycles. The molecule has 1 rings (SSSR count). The molecule has 4 nitrogen and oxygen atoms in total. The molecule has 0 radical (unpaired) electrons. The van der Waals surface area contributed by atoms with Crippen molar-refractivity contribution >= 4 is 15.9 Å². The zero-order valence-corrected chi connectivity index (χ0v) is 14.7. The molecule has 120 valence electrons. The predicted molar refractivity (Wildman–Crippen MR) is 89.1 cm³/mol. The van der Waals surface area contributed by atoms with Gasteiger partial charge >= 0.3 is 0 Å². The van der Waals surface area contributed by atoms with Gasteiger partial charge < -0.3 is 19.9 Å². The molecule has 5 heteroatoms. The van der Waals surface area contributed by atoms with E-state index in [0.29, 0.717) is 12.5 Å². The average molecular weight is 360 g/mol. The van der Waals surface area contributed by atoms with Gasteiger partial charge in [0.05, 0.1) is 18.2 Å². The number of ether oxygens (including phenoxy) is 2. The van der Waals surface area contributed by atoms with Crippen LogP contribution in [0.2, 0.25) is 0 Å². The van der Waals surface area contributed by atoms with Gasteiger partial charge in [0.15, 0.2) is 11.5 Å². The van der Waals surface area contributed by atoms with Crippen molar-refractivity contribution in [1.29, 1.82) is 0 Å². The van der Waals surface area contributed by atoms with E-state index in [4.69, 9.17) is 14.6 Å². The highest BCUT2D eigenvalue weighted by molar-refractivity contribution is 9.10. The molecule has 0 heterocycles. The molecule has 0 aliphatic rings. The Balaban J connectivity index is 2.67. The molecular formula is C16H26BrNO3. The summed E-state index contributed by atoms with van der Waals surface area (Å²) in [7, 11) is 1.65. The summed E-state index contributed by atoms with van der Waals surface area (Å²) in [5, 5.41) is 12.2. The normalized spacial score (nSPS) is 11.0. The minimum Gasteiger partial charge on any atom is -0.493 e. The Bertz CT molecular complexity index is 424. The molecule has 0 unspecified atom stereocenters. The first-order valence-corrected chi connectivity index (χ1v) is 8.18. The van der Waals surface area contributed by atoms with E-state index in [2.05, 4.69) is 41.2 Å². The topological polar surface area (TPSA) is 50.7 Å². The van der Waals surface area contributed by atoms with Crippen LogP contribution in [0.4, 0.5) is 0 Å². The number of hydrogen-bond acceptors (Lipinski definition) is 4. The molecule has 0 saturated carbocycles. The zero-order valence-electron chi connectivity index (χ0n) is 13.1. The highest BCUT2D eigenvalue weighted by Gasteiger charge is 2.11. The Morgan fingerprint density at radius 1 is 1.29 bits per heavy atom. The zero-order chi connectivity index (χ0) is 15.7. The predicted octanol–water partition coefficient (Wildman–Crippen LogP) is 3.35. The maximum atomic E-state index is 8.78. The van der Waals surface area contributed by atoms with Crippen molar-refractivity contribution in [3.8, 4) is 11.5 Å². The second-order valence-electron chi connectivity index (χ2n) is 5.41. The van der Waals surface area contributed by atoms with E-state index in [0.717, 1.165) is 47.5 Å². The van der Waals surface area contributed by atoms with Crippen LogP contribution in [0.5, 0.6) is 11.5 Å². The second-order valence-corrected chi connectivity index (χ2v) is 6.27. The average Bonchev–Trinajstić information content (AvgIpc) is 2.44. The molecule has 0 bridgehead atoms. The number of aliphatic hydroxyl groups excluding tert-OH is 1. The van der Waals surface area contributed by atoms with Crippen LogP contribution in [0.25, 0.3) is 0 Å². The minimum atomic E-state index is 0.197. The van der Waals surface area contributed by atoms with Gasteiger partial charge in [-0.3, -0.25) is 0 Å². The van der Waals surface area contributed by atoms with Gasteiger partial charge in [-0.15, -0.1) is 0 Å². The molecule has 2 N–H and O–H groups in total. The van der Waals surface area contributed by atoms with E-state index in [1.54, 1.807) is 7.11 Å². The quantitative estimate of drug-likeness (QED) is 0.629. The number of aliphatic hydroxyl groups is 1. The van der Waals surface area contributed by atoms with Gasteiger partial charge in [0.25, 0.3) is 0 Å². The molecule has 1 aromatic rings. The Hall–Kier alpha value is -0.780. The molecular weight excluding hydrogens is 334 g/mol. The molecule has 0 saturated heterocycles. The van der Waals surface area contributed by atoms with E-state index < -0.39 is 0 Å². The summed E-state index contributed by atoms with van der Waals surface area (Å²) in [4.78, 5) is 0. The van der Waals surface area contributed by atoms with Crippen molar-refractivity contribution in [1.82, 2.24) is 5.32 Å². The van der Waals surface area contributed by atoms with Crippen molar-refractivity contribution in [2.24, 2.45) is 5.92 Å². The standard InChI is InChI=1S/C16H26BrNO3/c1-12(2)10-18-11-13-8-14(17)16(15(9-13)20-3)21-7-5-4-6-19/h8-9,12,18-19H,4-7,10-11H2,1-3H3. The molecule has 0 atom stereocenters. The Morgan fingerprint density at radius 3 is 2.67 bits per heavy atom. The first-order valence-electron chi connectivity index (χ1n) is 7.39. The molecule has 21 heavy (non-hydrogen) atoms. The first kappa shape index (κ1) is 18.3. The van der Waals surface area contributed by atoms with E-state index >= 15 is 0 Å². The number of methoxy groups -OCH3 is 1. The van der Waals surface area contributed by atoms with Crippen molar-refractivity contribution in [3.63, 3.8) is 0 Å². The monoisotopic (exact) mass is 359 g/mol.